The fourth-order valence-electron chi connectivity index (χ4n) is 2.43. The number of hydrogen-bond acceptors (Lipinski definition) is 3. The topological polar surface area (TPSA) is 30.7 Å². The molecule has 0 aliphatic heterocycles. The van der Waals surface area contributed by atoms with Crippen LogP contribution in [-0.4, -0.2) is 14.5 Å². The number of rotatable bonds is 3. The summed E-state index contributed by atoms with van der Waals surface area (Å²) in [5.41, 5.74) is 2.09. The number of para-hydroxylation sites is 2. The second-order valence-corrected chi connectivity index (χ2v) is 6.85. The van der Waals surface area contributed by atoms with Gasteiger partial charge in [0.15, 0.2) is 0 Å². The van der Waals surface area contributed by atoms with Gasteiger partial charge in [0, 0.05) is 11.1 Å². The smallest absolute Gasteiger partial charge is 0.128 e. The van der Waals surface area contributed by atoms with E-state index in [9.17, 15) is 0 Å². The Bertz CT molecular complexity index is 744. The van der Waals surface area contributed by atoms with Crippen molar-refractivity contribution in [3.8, 4) is 0 Å². The first-order valence-corrected chi connectivity index (χ1v) is 7.86. The Kier molecular flexibility index (Phi) is 3.52. The van der Waals surface area contributed by atoms with Crippen LogP contribution in [0, 0.1) is 6.92 Å². The number of nitrogens with zero attached hydrogens (tertiary/aromatic N) is 3. The van der Waals surface area contributed by atoms with E-state index in [1.54, 1.807) is 11.3 Å². The van der Waals surface area contributed by atoms with E-state index in [2.05, 4.69) is 34.4 Å². The number of hydrogen-bond donors (Lipinski definition) is 0. The number of alkyl halides is 1. The number of benzene rings is 1. The molecule has 0 fully saturated rings. The van der Waals surface area contributed by atoms with E-state index in [1.165, 1.54) is 4.88 Å². The van der Waals surface area contributed by atoms with E-state index >= 15 is 0 Å². The molecule has 0 saturated heterocycles. The lowest BCUT2D eigenvalue weighted by Gasteiger charge is -2.16. The van der Waals surface area contributed by atoms with Crippen molar-refractivity contribution in [2.24, 2.45) is 0 Å². The van der Waals surface area contributed by atoms with Crippen LogP contribution >= 0.6 is 22.9 Å². The summed E-state index contributed by atoms with van der Waals surface area (Å²) in [7, 11) is 0. The van der Waals surface area contributed by atoms with Crippen LogP contribution in [0.3, 0.4) is 0 Å². The van der Waals surface area contributed by atoms with E-state index in [1.807, 2.05) is 31.3 Å². The highest BCUT2D eigenvalue weighted by Crippen LogP contribution is 2.32. The Labute approximate surface area is 127 Å². The SMILES string of the molecule is Cc1cnc(C(C)n2c(C(C)Cl)nc3ccccc32)s1. The molecule has 0 spiro atoms. The van der Waals surface area contributed by atoms with Crippen molar-refractivity contribution in [1.29, 1.82) is 0 Å². The highest BCUT2D eigenvalue weighted by atomic mass is 35.5. The number of imidazole rings is 1. The molecule has 2 unspecified atom stereocenters. The summed E-state index contributed by atoms with van der Waals surface area (Å²) in [5, 5.41) is 0.954. The lowest BCUT2D eigenvalue weighted by molar-refractivity contribution is 0.615. The molecule has 3 nitrogen and oxygen atoms in total. The van der Waals surface area contributed by atoms with Gasteiger partial charge in [0.2, 0.25) is 0 Å². The molecule has 0 aliphatic rings. The van der Waals surface area contributed by atoms with E-state index in [4.69, 9.17) is 11.6 Å². The van der Waals surface area contributed by atoms with Crippen molar-refractivity contribution >= 4 is 34.0 Å². The molecule has 0 amide bonds. The fourth-order valence-corrected chi connectivity index (χ4v) is 3.40. The molecule has 3 aromatic rings. The Morgan fingerprint density at radius 2 is 2.00 bits per heavy atom. The molecule has 0 N–H and O–H groups in total. The average molecular weight is 306 g/mol. The van der Waals surface area contributed by atoms with E-state index < -0.39 is 0 Å². The lowest BCUT2D eigenvalue weighted by atomic mass is 10.2. The van der Waals surface area contributed by atoms with Gasteiger partial charge in [0.1, 0.15) is 10.8 Å². The molecule has 0 bridgehead atoms. The quantitative estimate of drug-likeness (QED) is 0.656. The Balaban J connectivity index is 2.20. The second kappa shape index (κ2) is 5.19. The highest BCUT2D eigenvalue weighted by Gasteiger charge is 2.21. The van der Waals surface area contributed by atoms with Gasteiger partial charge >= 0.3 is 0 Å². The third-order valence-electron chi connectivity index (χ3n) is 3.36. The number of aromatic nitrogens is 3. The number of fused-ring (bicyclic) bond motifs is 1. The van der Waals surface area contributed by atoms with Gasteiger partial charge in [-0.15, -0.1) is 22.9 Å². The van der Waals surface area contributed by atoms with E-state index in [-0.39, 0.29) is 11.4 Å². The third-order valence-corrected chi connectivity index (χ3v) is 4.64. The normalized spacial score (nSPS) is 14.6. The van der Waals surface area contributed by atoms with Crippen LogP contribution in [0.1, 0.15) is 41.0 Å². The molecule has 20 heavy (non-hydrogen) atoms. The van der Waals surface area contributed by atoms with Crippen LogP contribution in [0.5, 0.6) is 0 Å². The van der Waals surface area contributed by atoms with E-state index in [0.29, 0.717) is 0 Å². The molecule has 5 heteroatoms. The summed E-state index contributed by atoms with van der Waals surface area (Å²) < 4.78 is 2.20. The molecule has 2 aromatic heterocycles. The zero-order valence-corrected chi connectivity index (χ0v) is 13.2. The molecule has 0 saturated carbocycles. The van der Waals surface area contributed by atoms with Crippen molar-refractivity contribution < 1.29 is 0 Å². The van der Waals surface area contributed by atoms with Gasteiger partial charge in [-0.1, -0.05) is 12.1 Å². The zero-order chi connectivity index (χ0) is 14.3. The van der Waals surface area contributed by atoms with Crippen molar-refractivity contribution in [2.45, 2.75) is 32.2 Å². The largest absolute Gasteiger partial charge is 0.317 e. The number of aryl methyl sites for hydroxylation is 1. The number of halogens is 1. The lowest BCUT2D eigenvalue weighted by Crippen LogP contribution is -2.11. The Morgan fingerprint density at radius 1 is 1.25 bits per heavy atom. The molecule has 2 heterocycles. The van der Waals surface area contributed by atoms with Gasteiger partial charge in [-0.3, -0.25) is 0 Å². The molecule has 1 aromatic carbocycles. The second-order valence-electron chi connectivity index (χ2n) is 4.93. The molecule has 2 atom stereocenters. The van der Waals surface area contributed by atoms with Crippen LogP contribution in [-0.2, 0) is 0 Å². The first-order chi connectivity index (χ1) is 9.58. The fraction of sp³-hybridized carbons (Fsp3) is 0.333. The minimum absolute atomic E-state index is 0.133. The van der Waals surface area contributed by atoms with Crippen molar-refractivity contribution in [1.82, 2.24) is 14.5 Å². The van der Waals surface area contributed by atoms with Gasteiger partial charge < -0.3 is 4.57 Å². The molecular formula is C15H16ClN3S. The molecule has 0 radical (unpaired) electrons. The standard InChI is InChI=1S/C15H16ClN3S/c1-9-8-17-15(20-9)11(3)19-13-7-5-4-6-12(13)18-14(19)10(2)16/h4-8,10-11H,1-3H3. The Hall–Kier alpha value is -1.39. The molecule has 104 valence electrons. The van der Waals surface area contributed by atoms with Gasteiger partial charge in [0.05, 0.1) is 22.5 Å². The van der Waals surface area contributed by atoms with Gasteiger partial charge in [-0.2, -0.15) is 0 Å². The summed E-state index contributed by atoms with van der Waals surface area (Å²) in [6.45, 7) is 6.18. The van der Waals surface area contributed by atoms with Gasteiger partial charge in [-0.25, -0.2) is 9.97 Å². The maximum Gasteiger partial charge on any atom is 0.128 e. The highest BCUT2D eigenvalue weighted by molar-refractivity contribution is 7.11. The molecular weight excluding hydrogens is 290 g/mol. The van der Waals surface area contributed by atoms with Crippen LogP contribution in [0.15, 0.2) is 30.5 Å². The predicted molar refractivity (Wildman–Crippen MR) is 84.7 cm³/mol. The van der Waals surface area contributed by atoms with Crippen molar-refractivity contribution in [2.75, 3.05) is 0 Å². The summed E-state index contributed by atoms with van der Waals surface area (Å²) >= 11 is 8.04. The van der Waals surface area contributed by atoms with Gasteiger partial charge in [0.25, 0.3) is 0 Å². The van der Waals surface area contributed by atoms with Crippen molar-refractivity contribution in [3.63, 3.8) is 0 Å². The summed E-state index contributed by atoms with van der Waals surface area (Å²) in [6, 6.07) is 8.28. The number of thiazole rings is 1. The maximum absolute atomic E-state index is 6.32. The maximum atomic E-state index is 6.32. The first kappa shape index (κ1) is 13.6. The third kappa shape index (κ3) is 2.23. The summed E-state index contributed by atoms with van der Waals surface area (Å²) in [4.78, 5) is 10.4. The van der Waals surface area contributed by atoms with Crippen LogP contribution < -0.4 is 0 Å². The zero-order valence-electron chi connectivity index (χ0n) is 11.7. The Morgan fingerprint density at radius 3 is 2.65 bits per heavy atom. The van der Waals surface area contributed by atoms with Gasteiger partial charge in [-0.05, 0) is 32.9 Å². The summed E-state index contributed by atoms with van der Waals surface area (Å²) in [6.07, 6.45) is 1.92. The van der Waals surface area contributed by atoms with Crippen molar-refractivity contribution in [3.05, 3.63) is 46.2 Å². The minimum atomic E-state index is -0.133. The molecule has 0 aliphatic carbocycles. The van der Waals surface area contributed by atoms with E-state index in [0.717, 1.165) is 21.9 Å². The van der Waals surface area contributed by atoms with Crippen LogP contribution in [0.4, 0.5) is 0 Å². The van der Waals surface area contributed by atoms with Crippen LogP contribution in [0.25, 0.3) is 11.0 Å². The molecule has 3 rings (SSSR count). The average Bonchev–Trinajstić information content (AvgIpc) is 3.01. The van der Waals surface area contributed by atoms with Crippen LogP contribution in [0.2, 0.25) is 0 Å². The minimum Gasteiger partial charge on any atom is -0.317 e. The first-order valence-electron chi connectivity index (χ1n) is 6.61. The predicted octanol–water partition coefficient (Wildman–Crippen LogP) is 4.71. The monoisotopic (exact) mass is 305 g/mol. The summed E-state index contributed by atoms with van der Waals surface area (Å²) in [5.74, 6) is 0.896.